The molecule has 0 saturated carbocycles. The molecule has 0 spiro atoms. The predicted molar refractivity (Wildman–Crippen MR) is 122 cm³/mol. The second-order valence-electron chi connectivity index (χ2n) is 7.80. The first-order valence-corrected chi connectivity index (χ1v) is 11.7. The van der Waals surface area contributed by atoms with Gasteiger partial charge in [-0.1, -0.05) is 60.1 Å². The third-order valence-corrected chi connectivity index (χ3v) is 6.96. The Morgan fingerprint density at radius 1 is 1.07 bits per heavy atom. The van der Waals surface area contributed by atoms with Crippen LogP contribution in [0, 0.1) is 0 Å². The summed E-state index contributed by atoms with van der Waals surface area (Å²) in [5.74, 6) is 2.15. The molecule has 5 nitrogen and oxygen atoms in total. The molecule has 1 unspecified atom stereocenters. The molecule has 0 saturated heterocycles. The molecular weight excluding hydrogens is 414 g/mol. The Kier molecular flexibility index (Phi) is 5.52. The fourth-order valence-electron chi connectivity index (χ4n) is 4.12. The Balaban J connectivity index is 1.51. The van der Waals surface area contributed by atoms with Crippen LogP contribution in [0.3, 0.4) is 0 Å². The van der Waals surface area contributed by atoms with Crippen LogP contribution in [0.5, 0.6) is 0 Å². The van der Waals surface area contributed by atoms with Gasteiger partial charge < -0.3 is 9.13 Å². The van der Waals surface area contributed by atoms with Gasteiger partial charge >= 0.3 is 0 Å². The summed E-state index contributed by atoms with van der Waals surface area (Å²) in [5, 5.41) is 10.8. The third-order valence-electron chi connectivity index (χ3n) is 5.64. The van der Waals surface area contributed by atoms with Gasteiger partial charge in [0.1, 0.15) is 11.6 Å². The summed E-state index contributed by atoms with van der Waals surface area (Å²) in [6, 6.07) is 16.5. The Labute approximate surface area is 185 Å². The summed E-state index contributed by atoms with van der Waals surface area (Å²) in [6.45, 7) is 3.98. The van der Waals surface area contributed by atoms with Gasteiger partial charge in [0.15, 0.2) is 5.16 Å². The van der Waals surface area contributed by atoms with E-state index in [2.05, 4.69) is 56.6 Å². The molecule has 2 aromatic carbocycles. The van der Waals surface area contributed by atoms with Crippen LogP contribution < -0.4 is 0 Å². The van der Waals surface area contributed by atoms with E-state index in [1.54, 1.807) is 11.8 Å². The SMILES string of the molecule is CC(Sc1nnc2n1CCCCC2)c1nc2cc(Cl)ccc2n1Cc1ccccc1. The van der Waals surface area contributed by atoms with E-state index < -0.39 is 0 Å². The first kappa shape index (κ1) is 19.6. The molecule has 5 rings (SSSR count). The lowest BCUT2D eigenvalue weighted by atomic mass is 10.2. The van der Waals surface area contributed by atoms with E-state index >= 15 is 0 Å². The van der Waals surface area contributed by atoms with E-state index in [9.17, 15) is 0 Å². The van der Waals surface area contributed by atoms with Crippen molar-refractivity contribution in [3.05, 3.63) is 70.8 Å². The molecule has 1 aliphatic rings. The zero-order valence-electron chi connectivity index (χ0n) is 17.0. The van der Waals surface area contributed by atoms with Crippen molar-refractivity contribution in [1.82, 2.24) is 24.3 Å². The third kappa shape index (κ3) is 3.86. The van der Waals surface area contributed by atoms with Crippen LogP contribution in [0.2, 0.25) is 5.02 Å². The van der Waals surface area contributed by atoms with Crippen molar-refractivity contribution in [2.75, 3.05) is 0 Å². The molecule has 0 bridgehead atoms. The largest absolute Gasteiger partial charge is 0.323 e. The maximum absolute atomic E-state index is 6.25. The van der Waals surface area contributed by atoms with Gasteiger partial charge in [-0.05, 0) is 43.5 Å². The lowest BCUT2D eigenvalue weighted by Crippen LogP contribution is -2.08. The minimum absolute atomic E-state index is 0.136. The quantitative estimate of drug-likeness (QED) is 0.364. The lowest BCUT2D eigenvalue weighted by Gasteiger charge is -2.15. The molecule has 0 radical (unpaired) electrons. The fourth-order valence-corrected chi connectivity index (χ4v) is 5.30. The van der Waals surface area contributed by atoms with Crippen LogP contribution in [0.15, 0.2) is 53.7 Å². The van der Waals surface area contributed by atoms with Crippen molar-refractivity contribution in [3.8, 4) is 0 Å². The van der Waals surface area contributed by atoms with Crippen LogP contribution in [-0.4, -0.2) is 24.3 Å². The molecule has 1 aliphatic heterocycles. The molecule has 2 aromatic heterocycles. The van der Waals surface area contributed by atoms with Gasteiger partial charge in [0.05, 0.1) is 16.3 Å². The highest BCUT2D eigenvalue weighted by Gasteiger charge is 2.22. The molecule has 154 valence electrons. The number of nitrogens with zero attached hydrogens (tertiary/aromatic N) is 5. The molecule has 0 fully saturated rings. The van der Waals surface area contributed by atoms with E-state index in [0.29, 0.717) is 5.02 Å². The van der Waals surface area contributed by atoms with Crippen molar-refractivity contribution in [2.24, 2.45) is 0 Å². The number of hydrogen-bond acceptors (Lipinski definition) is 4. The number of fused-ring (bicyclic) bond motifs is 2. The minimum atomic E-state index is 0.136. The maximum Gasteiger partial charge on any atom is 0.191 e. The van der Waals surface area contributed by atoms with Crippen molar-refractivity contribution >= 4 is 34.4 Å². The minimum Gasteiger partial charge on any atom is -0.323 e. The van der Waals surface area contributed by atoms with Crippen molar-refractivity contribution in [3.63, 3.8) is 0 Å². The highest BCUT2D eigenvalue weighted by Crippen LogP contribution is 2.36. The van der Waals surface area contributed by atoms with E-state index in [4.69, 9.17) is 16.6 Å². The van der Waals surface area contributed by atoms with Gasteiger partial charge in [0.25, 0.3) is 0 Å². The van der Waals surface area contributed by atoms with Crippen LogP contribution in [0.25, 0.3) is 11.0 Å². The normalized spacial score (nSPS) is 15.1. The van der Waals surface area contributed by atoms with Crippen molar-refractivity contribution in [2.45, 2.75) is 56.1 Å². The van der Waals surface area contributed by atoms with Crippen LogP contribution >= 0.6 is 23.4 Å². The molecule has 0 N–H and O–H groups in total. The van der Waals surface area contributed by atoms with Crippen LogP contribution in [-0.2, 0) is 19.5 Å². The second kappa shape index (κ2) is 8.44. The van der Waals surface area contributed by atoms with Crippen molar-refractivity contribution < 1.29 is 0 Å². The standard InChI is InChI=1S/C23H24ClN5S/c1-16(30-23-27-26-21-10-6-3-7-13-28(21)23)22-25-19-14-18(24)11-12-20(19)29(22)15-17-8-4-2-5-9-17/h2,4-5,8-9,11-12,14,16H,3,6-7,10,13,15H2,1H3. The maximum atomic E-state index is 6.25. The Hall–Kier alpha value is -2.31. The zero-order chi connectivity index (χ0) is 20.5. The van der Waals surface area contributed by atoms with Gasteiger partial charge in [-0.2, -0.15) is 0 Å². The van der Waals surface area contributed by atoms with Gasteiger partial charge in [-0.15, -0.1) is 10.2 Å². The zero-order valence-corrected chi connectivity index (χ0v) is 18.5. The molecule has 7 heteroatoms. The Morgan fingerprint density at radius 2 is 1.93 bits per heavy atom. The van der Waals surface area contributed by atoms with E-state index in [1.165, 1.54) is 24.8 Å². The van der Waals surface area contributed by atoms with Gasteiger partial charge in [0, 0.05) is 24.5 Å². The number of rotatable bonds is 5. The van der Waals surface area contributed by atoms with Crippen LogP contribution in [0.1, 0.15) is 48.6 Å². The van der Waals surface area contributed by atoms with E-state index in [-0.39, 0.29) is 5.25 Å². The van der Waals surface area contributed by atoms with Crippen molar-refractivity contribution in [1.29, 1.82) is 0 Å². The number of imidazole rings is 1. The topological polar surface area (TPSA) is 48.5 Å². The molecule has 0 aliphatic carbocycles. The summed E-state index contributed by atoms with van der Waals surface area (Å²) >= 11 is 8.00. The lowest BCUT2D eigenvalue weighted by molar-refractivity contribution is 0.589. The molecule has 0 amide bonds. The van der Waals surface area contributed by atoms with E-state index in [1.807, 2.05) is 18.2 Å². The first-order chi connectivity index (χ1) is 14.7. The number of aryl methyl sites for hydroxylation is 1. The van der Waals surface area contributed by atoms with Gasteiger partial charge in [-0.3, -0.25) is 0 Å². The summed E-state index contributed by atoms with van der Waals surface area (Å²) < 4.78 is 4.60. The number of benzene rings is 2. The van der Waals surface area contributed by atoms with Crippen LogP contribution in [0.4, 0.5) is 0 Å². The average molecular weight is 438 g/mol. The summed E-state index contributed by atoms with van der Waals surface area (Å²) in [7, 11) is 0. The average Bonchev–Trinajstić information content (AvgIpc) is 3.20. The first-order valence-electron chi connectivity index (χ1n) is 10.5. The highest BCUT2D eigenvalue weighted by atomic mass is 35.5. The summed E-state index contributed by atoms with van der Waals surface area (Å²) in [4.78, 5) is 4.98. The number of aromatic nitrogens is 5. The second-order valence-corrected chi connectivity index (χ2v) is 9.54. The molecule has 3 heterocycles. The molecule has 30 heavy (non-hydrogen) atoms. The smallest absolute Gasteiger partial charge is 0.191 e. The fraction of sp³-hybridized carbons (Fsp3) is 0.348. The Bertz CT molecular complexity index is 1170. The number of thioether (sulfide) groups is 1. The summed E-state index contributed by atoms with van der Waals surface area (Å²) in [6.07, 6.45) is 4.67. The molecule has 1 atom stereocenters. The summed E-state index contributed by atoms with van der Waals surface area (Å²) in [5.41, 5.74) is 3.29. The highest BCUT2D eigenvalue weighted by molar-refractivity contribution is 7.99. The monoisotopic (exact) mass is 437 g/mol. The molecular formula is C23H24ClN5S. The Morgan fingerprint density at radius 3 is 2.80 bits per heavy atom. The molecule has 4 aromatic rings. The van der Waals surface area contributed by atoms with Gasteiger partial charge in [-0.25, -0.2) is 4.98 Å². The number of hydrogen-bond donors (Lipinski definition) is 0. The number of halogens is 1. The predicted octanol–water partition coefficient (Wildman–Crippen LogP) is 5.91. The van der Waals surface area contributed by atoms with E-state index in [0.717, 1.165) is 47.3 Å². The van der Waals surface area contributed by atoms with Gasteiger partial charge in [0.2, 0.25) is 0 Å².